The predicted octanol–water partition coefficient (Wildman–Crippen LogP) is -1.36. The highest BCUT2D eigenvalue weighted by Gasteiger charge is 2.54. The summed E-state index contributed by atoms with van der Waals surface area (Å²) in [5.74, 6) is -2.33. The molecule has 150 valence electrons. The van der Waals surface area contributed by atoms with Gasteiger partial charge in [0, 0.05) is 16.7 Å². The van der Waals surface area contributed by atoms with Crippen molar-refractivity contribution in [2.45, 2.75) is 17.8 Å². The lowest BCUT2D eigenvalue weighted by molar-refractivity contribution is -0.150. The molecule has 0 saturated carbocycles. The molecule has 0 radical (unpaired) electrons. The first kappa shape index (κ1) is 19.8. The highest BCUT2D eigenvalue weighted by Crippen LogP contribution is 2.40. The number of fused-ring (bicyclic) bond motifs is 1. The highest BCUT2D eigenvalue weighted by atomic mass is 32.2. The minimum atomic E-state index is -1.35. The number of β-lactam (4-membered cyclic amide) rings is 1. The topological polar surface area (TPSA) is 188 Å². The SMILES string of the molecule is N=c1scc(CC(=O)NC2C(=O)N3C(C(=O)O)=C(COC(N)=O)CS[C@@H]23)n1O. The molecule has 0 spiro atoms. The summed E-state index contributed by atoms with van der Waals surface area (Å²) in [7, 11) is 0. The van der Waals surface area contributed by atoms with Crippen LogP contribution in [0, 0.1) is 5.41 Å². The van der Waals surface area contributed by atoms with Gasteiger partial charge in [-0.25, -0.2) is 9.59 Å². The molecule has 2 aliphatic rings. The Hall–Kier alpha value is -3.00. The molecule has 1 saturated heterocycles. The number of hydrogen-bond donors (Lipinski definition) is 5. The third-order valence-corrected chi connectivity index (χ3v) is 6.19. The van der Waals surface area contributed by atoms with Gasteiger partial charge in [-0.05, 0) is 0 Å². The summed E-state index contributed by atoms with van der Waals surface area (Å²) >= 11 is 2.16. The number of rotatable bonds is 6. The number of nitrogens with zero attached hydrogens (tertiary/aromatic N) is 2. The van der Waals surface area contributed by atoms with Crippen LogP contribution in [-0.4, -0.2) is 67.6 Å². The van der Waals surface area contributed by atoms with Crippen LogP contribution in [0.4, 0.5) is 4.79 Å². The molecule has 0 aromatic carbocycles. The van der Waals surface area contributed by atoms with Gasteiger partial charge < -0.3 is 26.1 Å². The number of carboxylic acid groups (broad SMARTS) is 1. The number of carbonyl (C=O) groups is 4. The van der Waals surface area contributed by atoms with Crippen molar-refractivity contribution < 1.29 is 34.2 Å². The molecular weight excluding hydrogens is 414 g/mol. The van der Waals surface area contributed by atoms with Gasteiger partial charge in [0.15, 0.2) is 0 Å². The van der Waals surface area contributed by atoms with Gasteiger partial charge in [-0.2, -0.15) is 4.73 Å². The monoisotopic (exact) mass is 429 g/mol. The van der Waals surface area contributed by atoms with Crippen LogP contribution in [0.5, 0.6) is 0 Å². The Bertz CT molecular complexity index is 952. The molecule has 2 atom stereocenters. The second-order valence-electron chi connectivity index (χ2n) is 5.84. The molecule has 1 fully saturated rings. The first-order chi connectivity index (χ1) is 13.2. The maximum absolute atomic E-state index is 12.4. The van der Waals surface area contributed by atoms with Crippen molar-refractivity contribution in [1.29, 1.82) is 5.41 Å². The van der Waals surface area contributed by atoms with E-state index in [-0.39, 0.29) is 40.5 Å². The van der Waals surface area contributed by atoms with Gasteiger partial charge in [-0.15, -0.1) is 23.1 Å². The van der Waals surface area contributed by atoms with Gasteiger partial charge in [0.2, 0.25) is 10.7 Å². The molecule has 12 nitrogen and oxygen atoms in total. The van der Waals surface area contributed by atoms with Crippen LogP contribution in [-0.2, 0) is 25.5 Å². The summed E-state index contributed by atoms with van der Waals surface area (Å²) in [6.07, 6.45) is -1.30. The maximum atomic E-state index is 12.4. The van der Waals surface area contributed by atoms with Crippen molar-refractivity contribution >= 4 is 47.0 Å². The van der Waals surface area contributed by atoms with Gasteiger partial charge in [0.1, 0.15) is 23.7 Å². The van der Waals surface area contributed by atoms with Gasteiger partial charge in [0.05, 0.1) is 12.1 Å². The van der Waals surface area contributed by atoms with Crippen molar-refractivity contribution in [2.24, 2.45) is 5.73 Å². The van der Waals surface area contributed by atoms with Gasteiger partial charge in [0.25, 0.3) is 5.91 Å². The second-order valence-corrected chi connectivity index (χ2v) is 7.80. The molecule has 1 aromatic heterocycles. The summed E-state index contributed by atoms with van der Waals surface area (Å²) in [6.45, 7) is -0.346. The zero-order chi connectivity index (χ0) is 20.6. The number of amides is 3. The Kier molecular flexibility index (Phi) is 5.33. The predicted molar refractivity (Wildman–Crippen MR) is 94.3 cm³/mol. The number of aromatic nitrogens is 1. The van der Waals surface area contributed by atoms with Crippen molar-refractivity contribution in [2.75, 3.05) is 12.4 Å². The number of hydrogen-bond acceptors (Lipinski definition) is 9. The number of ether oxygens (including phenoxy) is 1. The standard InChI is InChI=1S/C14H15N5O7S2/c15-13-19(25)6(4-28-13)1-7(20)17-8-10(21)18-9(12(22)23)5(2-26-14(16)24)3-27-11(8)18/h4,8,11,15,25H,1-3H2,(H2,16,24)(H,17,20)(H,22,23)/t8?,11-/m0/s1. The summed E-state index contributed by atoms with van der Waals surface area (Å²) in [5.41, 5.74) is 5.03. The molecule has 0 bridgehead atoms. The number of nitrogens with one attached hydrogen (secondary N) is 2. The van der Waals surface area contributed by atoms with Crippen molar-refractivity contribution in [1.82, 2.24) is 14.9 Å². The summed E-state index contributed by atoms with van der Waals surface area (Å²) < 4.78 is 5.21. The van der Waals surface area contributed by atoms with Crippen molar-refractivity contribution in [3.63, 3.8) is 0 Å². The second kappa shape index (κ2) is 7.55. The largest absolute Gasteiger partial charge is 0.477 e. The third-order valence-electron chi connectivity index (χ3n) is 4.07. The minimum Gasteiger partial charge on any atom is -0.477 e. The zero-order valence-electron chi connectivity index (χ0n) is 14.1. The lowest BCUT2D eigenvalue weighted by atomic mass is 10.0. The Morgan fingerprint density at radius 3 is 2.71 bits per heavy atom. The van der Waals surface area contributed by atoms with Gasteiger partial charge >= 0.3 is 12.1 Å². The quantitative estimate of drug-likeness (QED) is 0.271. The van der Waals surface area contributed by atoms with Crippen molar-refractivity contribution in [3.05, 3.63) is 27.1 Å². The molecule has 2 aliphatic heterocycles. The Morgan fingerprint density at radius 1 is 1.43 bits per heavy atom. The summed E-state index contributed by atoms with van der Waals surface area (Å²) in [4.78, 5) is 47.9. The van der Waals surface area contributed by atoms with E-state index in [4.69, 9.17) is 11.1 Å². The van der Waals surface area contributed by atoms with Gasteiger partial charge in [-0.1, -0.05) is 0 Å². The molecule has 3 amide bonds. The summed E-state index contributed by atoms with van der Waals surface area (Å²) in [5, 5.41) is 29.8. The van der Waals surface area contributed by atoms with E-state index in [2.05, 4.69) is 10.1 Å². The average molecular weight is 429 g/mol. The van der Waals surface area contributed by atoms with E-state index in [1.165, 1.54) is 17.1 Å². The van der Waals surface area contributed by atoms with E-state index in [0.717, 1.165) is 16.2 Å². The molecule has 14 heteroatoms. The fraction of sp³-hybridized carbons (Fsp3) is 0.357. The number of carbonyl (C=O) groups excluding carboxylic acids is 3. The number of thioether (sulfide) groups is 1. The molecule has 1 unspecified atom stereocenters. The molecule has 3 heterocycles. The number of nitrogens with two attached hydrogens (primary N) is 1. The van der Waals surface area contributed by atoms with E-state index in [1.54, 1.807) is 0 Å². The van der Waals surface area contributed by atoms with Crippen LogP contribution in [0.2, 0.25) is 0 Å². The number of aliphatic carboxylic acids is 1. The maximum Gasteiger partial charge on any atom is 0.404 e. The van der Waals surface area contributed by atoms with Crippen LogP contribution in [0.25, 0.3) is 0 Å². The van der Waals surface area contributed by atoms with Crippen LogP contribution < -0.4 is 15.9 Å². The number of carboxylic acids is 1. The lowest BCUT2D eigenvalue weighted by Gasteiger charge is -2.49. The van der Waals surface area contributed by atoms with Gasteiger partial charge in [-0.3, -0.25) is 19.9 Å². The molecule has 0 aliphatic carbocycles. The van der Waals surface area contributed by atoms with Crippen molar-refractivity contribution in [3.8, 4) is 0 Å². The number of primary amides is 1. The smallest absolute Gasteiger partial charge is 0.404 e. The van der Waals surface area contributed by atoms with E-state index in [9.17, 15) is 29.5 Å². The normalized spacial score (nSPS) is 21.0. The fourth-order valence-corrected chi connectivity index (χ4v) is 4.79. The van der Waals surface area contributed by atoms with Crippen LogP contribution in [0.3, 0.4) is 0 Å². The molecule has 28 heavy (non-hydrogen) atoms. The van der Waals surface area contributed by atoms with Crippen LogP contribution >= 0.6 is 23.1 Å². The third kappa shape index (κ3) is 3.55. The Morgan fingerprint density at radius 2 is 2.14 bits per heavy atom. The van der Waals surface area contributed by atoms with E-state index < -0.39 is 35.3 Å². The fourth-order valence-electron chi connectivity index (χ4n) is 2.81. The highest BCUT2D eigenvalue weighted by molar-refractivity contribution is 8.00. The van der Waals surface area contributed by atoms with E-state index in [1.807, 2.05) is 0 Å². The molecule has 6 N–H and O–H groups in total. The number of thiazole rings is 1. The zero-order valence-corrected chi connectivity index (χ0v) is 15.7. The van der Waals surface area contributed by atoms with Crippen LogP contribution in [0.15, 0.2) is 16.7 Å². The average Bonchev–Trinajstić information content (AvgIpc) is 2.95. The van der Waals surface area contributed by atoms with E-state index >= 15 is 0 Å². The van der Waals surface area contributed by atoms with Crippen LogP contribution in [0.1, 0.15) is 5.69 Å². The lowest BCUT2D eigenvalue weighted by Crippen LogP contribution is -2.70. The first-order valence-corrected chi connectivity index (χ1v) is 9.68. The molecule has 3 rings (SSSR count). The Balaban J connectivity index is 1.70. The minimum absolute atomic E-state index is 0.140. The van der Waals surface area contributed by atoms with E-state index in [0.29, 0.717) is 4.73 Å². The Labute approximate surface area is 165 Å². The molecule has 1 aromatic rings. The summed E-state index contributed by atoms with van der Waals surface area (Å²) in [6, 6.07) is -0.924. The first-order valence-electron chi connectivity index (χ1n) is 7.75. The molecular formula is C14H15N5O7S2.